The van der Waals surface area contributed by atoms with Crippen molar-refractivity contribution < 1.29 is 23.4 Å². The van der Waals surface area contributed by atoms with Crippen LogP contribution in [0.1, 0.15) is 28.8 Å². The van der Waals surface area contributed by atoms with Gasteiger partial charge in [0.2, 0.25) is 0 Å². The monoisotopic (exact) mass is 361 g/mol. The van der Waals surface area contributed by atoms with Crippen LogP contribution in [0.3, 0.4) is 0 Å². The normalized spacial score (nSPS) is 20.2. The van der Waals surface area contributed by atoms with Crippen molar-refractivity contribution in [3.8, 4) is 5.75 Å². The van der Waals surface area contributed by atoms with Crippen LogP contribution < -0.4 is 10.1 Å². The zero-order valence-electron chi connectivity index (χ0n) is 14.4. The first-order chi connectivity index (χ1) is 12.5. The first kappa shape index (κ1) is 18.3. The fourth-order valence-electron chi connectivity index (χ4n) is 3.29. The van der Waals surface area contributed by atoms with Gasteiger partial charge in [0, 0.05) is 18.2 Å². The Balaban J connectivity index is 1.79. The molecule has 0 saturated heterocycles. The Labute approximate surface area is 150 Å². The molecule has 1 aliphatic rings. The number of benzene rings is 2. The minimum Gasteiger partial charge on any atom is -0.497 e. The molecule has 0 bridgehead atoms. The number of rotatable bonds is 6. The van der Waals surface area contributed by atoms with E-state index in [9.17, 15) is 18.7 Å². The van der Waals surface area contributed by atoms with E-state index < -0.39 is 23.1 Å². The van der Waals surface area contributed by atoms with E-state index in [1.807, 2.05) is 30.3 Å². The molecule has 3 rings (SSSR count). The standard InChI is InChI=1S/C20H21F2NO3/c1-26-15-10-16(21)19(17(22)11-15)20(25)23-18(13-8-14(24)9-13)7-12-5-3-2-4-6-12/h2-6,10-11,13-14,18,24H,7-9H2,1H3,(H,23,25). The van der Waals surface area contributed by atoms with Crippen molar-refractivity contribution in [3.05, 3.63) is 65.2 Å². The van der Waals surface area contributed by atoms with Gasteiger partial charge in [-0.15, -0.1) is 0 Å². The molecular formula is C20H21F2NO3. The number of aliphatic hydroxyl groups is 1. The second kappa shape index (κ2) is 7.83. The maximum atomic E-state index is 14.2. The molecule has 1 unspecified atom stereocenters. The lowest BCUT2D eigenvalue weighted by molar-refractivity contribution is 0.0238. The maximum absolute atomic E-state index is 14.2. The third kappa shape index (κ3) is 4.02. The Morgan fingerprint density at radius 1 is 1.23 bits per heavy atom. The number of nitrogens with one attached hydrogen (secondary N) is 1. The average Bonchev–Trinajstić information content (AvgIpc) is 2.58. The summed E-state index contributed by atoms with van der Waals surface area (Å²) in [5, 5.41) is 12.3. The molecule has 1 atom stereocenters. The molecule has 1 fully saturated rings. The summed E-state index contributed by atoms with van der Waals surface area (Å²) in [7, 11) is 1.30. The number of hydrogen-bond donors (Lipinski definition) is 2. The third-order valence-electron chi connectivity index (χ3n) is 4.81. The zero-order valence-corrected chi connectivity index (χ0v) is 14.4. The van der Waals surface area contributed by atoms with Crippen LogP contribution >= 0.6 is 0 Å². The van der Waals surface area contributed by atoms with Crippen molar-refractivity contribution in [2.75, 3.05) is 7.11 Å². The number of carbonyl (C=O) groups excluding carboxylic acids is 1. The number of carbonyl (C=O) groups is 1. The summed E-state index contributed by atoms with van der Waals surface area (Å²) < 4.78 is 33.1. The van der Waals surface area contributed by atoms with E-state index in [1.165, 1.54) is 7.11 Å². The average molecular weight is 361 g/mol. The second-order valence-corrected chi connectivity index (χ2v) is 6.62. The van der Waals surface area contributed by atoms with Gasteiger partial charge >= 0.3 is 0 Å². The Morgan fingerprint density at radius 3 is 2.38 bits per heavy atom. The third-order valence-corrected chi connectivity index (χ3v) is 4.81. The Hall–Kier alpha value is -2.47. The Kier molecular flexibility index (Phi) is 5.52. The largest absolute Gasteiger partial charge is 0.497 e. The Bertz CT molecular complexity index is 753. The van der Waals surface area contributed by atoms with Gasteiger partial charge < -0.3 is 15.2 Å². The fourth-order valence-corrected chi connectivity index (χ4v) is 3.29. The first-order valence-corrected chi connectivity index (χ1v) is 8.53. The van der Waals surface area contributed by atoms with E-state index in [1.54, 1.807) is 0 Å². The molecule has 0 aliphatic heterocycles. The van der Waals surface area contributed by atoms with Gasteiger partial charge in [0.1, 0.15) is 22.9 Å². The summed E-state index contributed by atoms with van der Waals surface area (Å²) in [6.45, 7) is 0. The number of hydrogen-bond acceptors (Lipinski definition) is 3. The summed E-state index contributed by atoms with van der Waals surface area (Å²) in [4.78, 5) is 12.5. The molecule has 0 heterocycles. The van der Waals surface area contributed by atoms with E-state index in [0.717, 1.165) is 17.7 Å². The highest BCUT2D eigenvalue weighted by atomic mass is 19.1. The summed E-state index contributed by atoms with van der Waals surface area (Å²) >= 11 is 0. The van der Waals surface area contributed by atoms with Crippen LogP contribution in [-0.2, 0) is 6.42 Å². The first-order valence-electron chi connectivity index (χ1n) is 8.53. The highest BCUT2D eigenvalue weighted by Crippen LogP contribution is 2.32. The molecule has 2 aromatic rings. The van der Waals surface area contributed by atoms with Crippen molar-refractivity contribution in [1.82, 2.24) is 5.32 Å². The summed E-state index contributed by atoms with van der Waals surface area (Å²) in [5.74, 6) is -2.65. The lowest BCUT2D eigenvalue weighted by atomic mass is 9.75. The van der Waals surface area contributed by atoms with E-state index in [0.29, 0.717) is 19.3 Å². The van der Waals surface area contributed by atoms with Gasteiger partial charge in [-0.05, 0) is 30.7 Å². The van der Waals surface area contributed by atoms with Crippen LogP contribution in [0.15, 0.2) is 42.5 Å². The minimum atomic E-state index is -0.966. The second-order valence-electron chi connectivity index (χ2n) is 6.62. The van der Waals surface area contributed by atoms with Crippen LogP contribution in [0.2, 0.25) is 0 Å². The maximum Gasteiger partial charge on any atom is 0.257 e. The molecule has 26 heavy (non-hydrogen) atoms. The Morgan fingerprint density at radius 2 is 1.85 bits per heavy atom. The molecule has 2 N–H and O–H groups in total. The number of ether oxygens (including phenoxy) is 1. The van der Waals surface area contributed by atoms with Crippen molar-refractivity contribution in [2.24, 2.45) is 5.92 Å². The fraction of sp³-hybridized carbons (Fsp3) is 0.350. The predicted molar refractivity (Wildman–Crippen MR) is 93.0 cm³/mol. The van der Waals surface area contributed by atoms with Crippen LogP contribution in [-0.4, -0.2) is 30.3 Å². The molecule has 1 aliphatic carbocycles. The summed E-state index contributed by atoms with van der Waals surface area (Å²) in [5.41, 5.74) is 0.388. The van der Waals surface area contributed by atoms with Gasteiger partial charge in [-0.25, -0.2) is 8.78 Å². The van der Waals surface area contributed by atoms with Crippen LogP contribution in [0.5, 0.6) is 5.75 Å². The molecule has 138 valence electrons. The molecule has 4 nitrogen and oxygen atoms in total. The van der Waals surface area contributed by atoms with Gasteiger partial charge in [0.05, 0.1) is 13.2 Å². The van der Waals surface area contributed by atoms with E-state index in [-0.39, 0.29) is 23.8 Å². The van der Waals surface area contributed by atoms with Gasteiger partial charge in [-0.1, -0.05) is 30.3 Å². The highest BCUT2D eigenvalue weighted by Gasteiger charge is 2.35. The van der Waals surface area contributed by atoms with E-state index >= 15 is 0 Å². The lowest BCUT2D eigenvalue weighted by Gasteiger charge is -2.38. The van der Waals surface area contributed by atoms with Crippen molar-refractivity contribution in [2.45, 2.75) is 31.4 Å². The molecule has 0 aromatic heterocycles. The topological polar surface area (TPSA) is 58.6 Å². The van der Waals surface area contributed by atoms with Gasteiger partial charge in [0.15, 0.2) is 0 Å². The molecule has 0 radical (unpaired) electrons. The molecule has 1 saturated carbocycles. The summed E-state index contributed by atoms with van der Waals surface area (Å²) in [6.07, 6.45) is 1.27. The van der Waals surface area contributed by atoms with Crippen LogP contribution in [0.25, 0.3) is 0 Å². The van der Waals surface area contributed by atoms with E-state index in [2.05, 4.69) is 5.32 Å². The minimum absolute atomic E-state index is 0.0134. The number of amides is 1. The van der Waals surface area contributed by atoms with Gasteiger partial charge in [-0.3, -0.25) is 4.79 Å². The van der Waals surface area contributed by atoms with Gasteiger partial charge in [0.25, 0.3) is 5.91 Å². The van der Waals surface area contributed by atoms with Crippen LogP contribution in [0.4, 0.5) is 8.78 Å². The summed E-state index contributed by atoms with van der Waals surface area (Å²) in [6, 6.07) is 11.2. The number of halogens is 2. The smallest absolute Gasteiger partial charge is 0.257 e. The molecular weight excluding hydrogens is 340 g/mol. The van der Waals surface area contributed by atoms with E-state index in [4.69, 9.17) is 4.74 Å². The molecule has 6 heteroatoms. The predicted octanol–water partition coefficient (Wildman–Crippen LogP) is 3.09. The number of aliphatic hydroxyl groups excluding tert-OH is 1. The zero-order chi connectivity index (χ0) is 18.7. The number of methoxy groups -OCH3 is 1. The van der Waals surface area contributed by atoms with Crippen molar-refractivity contribution >= 4 is 5.91 Å². The van der Waals surface area contributed by atoms with Crippen molar-refractivity contribution in [1.29, 1.82) is 0 Å². The molecule has 0 spiro atoms. The lowest BCUT2D eigenvalue weighted by Crippen LogP contribution is -2.48. The van der Waals surface area contributed by atoms with Gasteiger partial charge in [-0.2, -0.15) is 0 Å². The highest BCUT2D eigenvalue weighted by molar-refractivity contribution is 5.95. The SMILES string of the molecule is COc1cc(F)c(C(=O)NC(Cc2ccccc2)C2CC(O)C2)c(F)c1. The molecule has 2 aromatic carbocycles. The molecule has 1 amide bonds. The van der Waals surface area contributed by atoms with Crippen LogP contribution in [0, 0.1) is 17.6 Å². The van der Waals surface area contributed by atoms with Crippen molar-refractivity contribution in [3.63, 3.8) is 0 Å². The quantitative estimate of drug-likeness (QED) is 0.831.